The highest BCUT2D eigenvalue weighted by Crippen LogP contribution is 2.45. The van der Waals surface area contributed by atoms with Gasteiger partial charge in [-0.2, -0.15) is 0 Å². The zero-order valence-corrected chi connectivity index (χ0v) is 9.59. The Hall–Kier alpha value is -1.09. The molecule has 0 bridgehead atoms. The van der Waals surface area contributed by atoms with Crippen molar-refractivity contribution in [2.24, 2.45) is 5.73 Å². The second-order valence-electron chi connectivity index (χ2n) is 4.78. The summed E-state index contributed by atoms with van der Waals surface area (Å²) in [6.07, 6.45) is 4.10. The number of benzene rings is 1. The number of nitrogens with two attached hydrogens (primary N) is 1. The first kappa shape index (κ1) is 11.4. The molecule has 2 rings (SSSR count). The topological polar surface area (TPSA) is 46.2 Å². The molecule has 1 saturated carbocycles. The smallest absolute Gasteiger partial charge is 0.165 e. The van der Waals surface area contributed by atoms with Crippen molar-refractivity contribution in [3.8, 4) is 5.75 Å². The molecular weight excluding hydrogens is 205 g/mol. The first-order valence-corrected chi connectivity index (χ1v) is 5.79. The third-order valence-electron chi connectivity index (χ3n) is 3.82. The zero-order chi connectivity index (χ0) is 11.8. The Morgan fingerprint density at radius 3 is 2.56 bits per heavy atom. The molecule has 1 aliphatic carbocycles. The van der Waals surface area contributed by atoms with E-state index < -0.39 is 5.82 Å². The van der Waals surface area contributed by atoms with Gasteiger partial charge in [0.15, 0.2) is 11.6 Å². The molecule has 3 N–H and O–H groups in total. The minimum Gasteiger partial charge on any atom is -0.505 e. The molecule has 0 spiro atoms. The average molecular weight is 223 g/mol. The number of aromatic hydroxyl groups is 1. The molecule has 0 heterocycles. The standard InChI is InChI=1S/C13H18FNO/c1-9-4-5-10(14)12(16)11(9)13(8-15)6-2-3-7-13/h4-5,16H,2-3,6-8,15H2,1H3. The van der Waals surface area contributed by atoms with E-state index in [9.17, 15) is 9.50 Å². The number of rotatable bonds is 2. The van der Waals surface area contributed by atoms with E-state index >= 15 is 0 Å². The predicted octanol–water partition coefficient (Wildman–Crippen LogP) is 2.61. The number of phenols is 1. The third-order valence-corrected chi connectivity index (χ3v) is 3.82. The van der Waals surface area contributed by atoms with Gasteiger partial charge in [-0.25, -0.2) is 4.39 Å². The maximum absolute atomic E-state index is 13.4. The van der Waals surface area contributed by atoms with Crippen molar-refractivity contribution in [2.45, 2.75) is 38.0 Å². The molecule has 2 nitrogen and oxygen atoms in total. The van der Waals surface area contributed by atoms with Crippen LogP contribution in [-0.2, 0) is 5.41 Å². The summed E-state index contributed by atoms with van der Waals surface area (Å²) >= 11 is 0. The van der Waals surface area contributed by atoms with Crippen LogP contribution >= 0.6 is 0 Å². The molecule has 0 radical (unpaired) electrons. The summed E-state index contributed by atoms with van der Waals surface area (Å²) in [6, 6.07) is 3.04. The van der Waals surface area contributed by atoms with Crippen LogP contribution in [0.15, 0.2) is 12.1 Å². The lowest BCUT2D eigenvalue weighted by Gasteiger charge is -2.30. The van der Waals surface area contributed by atoms with Gasteiger partial charge in [0.1, 0.15) is 0 Å². The lowest BCUT2D eigenvalue weighted by Crippen LogP contribution is -2.33. The fourth-order valence-electron chi connectivity index (χ4n) is 2.94. The Balaban J connectivity index is 2.57. The first-order valence-electron chi connectivity index (χ1n) is 5.79. The van der Waals surface area contributed by atoms with E-state index in [4.69, 9.17) is 5.73 Å². The van der Waals surface area contributed by atoms with Gasteiger partial charge in [-0.05, 0) is 31.4 Å². The van der Waals surface area contributed by atoms with E-state index in [0.717, 1.165) is 36.8 Å². The van der Waals surface area contributed by atoms with Crippen LogP contribution in [0.3, 0.4) is 0 Å². The molecule has 1 aliphatic rings. The van der Waals surface area contributed by atoms with Gasteiger partial charge >= 0.3 is 0 Å². The molecule has 0 saturated heterocycles. The average Bonchev–Trinajstić information content (AvgIpc) is 2.74. The van der Waals surface area contributed by atoms with Crippen molar-refractivity contribution in [1.82, 2.24) is 0 Å². The van der Waals surface area contributed by atoms with Gasteiger partial charge in [0, 0.05) is 17.5 Å². The minimum absolute atomic E-state index is 0.202. The van der Waals surface area contributed by atoms with Gasteiger partial charge in [0.2, 0.25) is 0 Å². The fourth-order valence-corrected chi connectivity index (χ4v) is 2.94. The summed E-state index contributed by atoms with van der Waals surface area (Å²) in [5.41, 5.74) is 7.31. The van der Waals surface area contributed by atoms with Crippen LogP contribution in [0.5, 0.6) is 5.75 Å². The van der Waals surface area contributed by atoms with Crippen LogP contribution in [0, 0.1) is 12.7 Å². The first-order chi connectivity index (χ1) is 7.60. The summed E-state index contributed by atoms with van der Waals surface area (Å²) in [4.78, 5) is 0. The van der Waals surface area contributed by atoms with Gasteiger partial charge in [-0.1, -0.05) is 18.9 Å². The lowest BCUT2D eigenvalue weighted by molar-refractivity contribution is 0.381. The van der Waals surface area contributed by atoms with E-state index in [-0.39, 0.29) is 11.2 Å². The highest BCUT2D eigenvalue weighted by atomic mass is 19.1. The molecule has 0 amide bonds. The molecule has 3 heteroatoms. The third kappa shape index (κ3) is 1.59. The molecule has 0 aromatic heterocycles. The Morgan fingerprint density at radius 2 is 2.00 bits per heavy atom. The van der Waals surface area contributed by atoms with Crippen LogP contribution in [0.2, 0.25) is 0 Å². The van der Waals surface area contributed by atoms with Crippen LogP contribution in [0.25, 0.3) is 0 Å². The van der Waals surface area contributed by atoms with Crippen molar-refractivity contribution in [3.05, 3.63) is 29.1 Å². The van der Waals surface area contributed by atoms with Crippen molar-refractivity contribution in [1.29, 1.82) is 0 Å². The van der Waals surface area contributed by atoms with E-state index in [1.165, 1.54) is 6.07 Å². The van der Waals surface area contributed by atoms with Crippen LogP contribution in [0.1, 0.15) is 36.8 Å². The molecule has 0 unspecified atom stereocenters. The van der Waals surface area contributed by atoms with Crippen molar-refractivity contribution in [3.63, 3.8) is 0 Å². The maximum Gasteiger partial charge on any atom is 0.165 e. The van der Waals surface area contributed by atoms with Crippen LogP contribution < -0.4 is 5.73 Å². The van der Waals surface area contributed by atoms with Crippen LogP contribution in [-0.4, -0.2) is 11.7 Å². The molecular formula is C13H18FNO. The number of aryl methyl sites for hydroxylation is 1. The summed E-state index contributed by atoms with van der Waals surface area (Å²) in [5.74, 6) is -0.743. The van der Waals surface area contributed by atoms with Gasteiger partial charge in [-0.3, -0.25) is 0 Å². The van der Waals surface area contributed by atoms with Gasteiger partial charge in [-0.15, -0.1) is 0 Å². The summed E-state index contributed by atoms with van der Waals surface area (Å²) in [7, 11) is 0. The van der Waals surface area contributed by atoms with Crippen molar-refractivity contribution in [2.75, 3.05) is 6.54 Å². The van der Waals surface area contributed by atoms with Crippen LogP contribution in [0.4, 0.5) is 4.39 Å². The highest BCUT2D eigenvalue weighted by Gasteiger charge is 2.38. The molecule has 1 fully saturated rings. The largest absolute Gasteiger partial charge is 0.505 e. The Labute approximate surface area is 95.3 Å². The quantitative estimate of drug-likeness (QED) is 0.809. The van der Waals surface area contributed by atoms with E-state index in [0.29, 0.717) is 6.54 Å². The monoisotopic (exact) mass is 223 g/mol. The number of hydrogen-bond donors (Lipinski definition) is 2. The second-order valence-corrected chi connectivity index (χ2v) is 4.78. The zero-order valence-electron chi connectivity index (χ0n) is 9.59. The van der Waals surface area contributed by atoms with Crippen molar-refractivity contribution < 1.29 is 9.50 Å². The van der Waals surface area contributed by atoms with E-state index in [1.807, 2.05) is 6.92 Å². The molecule has 0 atom stereocenters. The fraction of sp³-hybridized carbons (Fsp3) is 0.538. The molecule has 16 heavy (non-hydrogen) atoms. The molecule has 0 aliphatic heterocycles. The number of halogens is 1. The molecule has 88 valence electrons. The molecule has 1 aromatic rings. The Kier molecular flexibility index (Phi) is 2.89. The second kappa shape index (κ2) is 4.06. The van der Waals surface area contributed by atoms with Gasteiger partial charge in [0.05, 0.1) is 0 Å². The number of hydrogen-bond acceptors (Lipinski definition) is 2. The van der Waals surface area contributed by atoms with Gasteiger partial charge < -0.3 is 10.8 Å². The molecule has 1 aromatic carbocycles. The Bertz CT molecular complexity index is 397. The minimum atomic E-state index is -0.541. The number of phenolic OH excluding ortho intramolecular Hbond substituents is 1. The van der Waals surface area contributed by atoms with Crippen molar-refractivity contribution >= 4 is 0 Å². The lowest BCUT2D eigenvalue weighted by atomic mass is 9.76. The van der Waals surface area contributed by atoms with Gasteiger partial charge in [0.25, 0.3) is 0 Å². The highest BCUT2D eigenvalue weighted by molar-refractivity contribution is 5.46. The van der Waals surface area contributed by atoms with E-state index in [1.54, 1.807) is 6.07 Å². The predicted molar refractivity (Wildman–Crippen MR) is 62.0 cm³/mol. The summed E-state index contributed by atoms with van der Waals surface area (Å²) in [5, 5.41) is 9.90. The van der Waals surface area contributed by atoms with E-state index in [2.05, 4.69) is 0 Å². The Morgan fingerprint density at radius 1 is 1.38 bits per heavy atom. The summed E-state index contributed by atoms with van der Waals surface area (Å²) < 4.78 is 13.4. The normalized spacial score (nSPS) is 18.9. The maximum atomic E-state index is 13.4. The summed E-state index contributed by atoms with van der Waals surface area (Å²) in [6.45, 7) is 2.38. The SMILES string of the molecule is Cc1ccc(F)c(O)c1C1(CN)CCCC1.